The zero-order valence-corrected chi connectivity index (χ0v) is 18.9. The van der Waals surface area contributed by atoms with Crippen molar-refractivity contribution >= 4 is 29.2 Å². The largest absolute Gasteiger partial charge is 0.370 e. The summed E-state index contributed by atoms with van der Waals surface area (Å²) in [5.74, 6) is -0.289. The van der Waals surface area contributed by atoms with Gasteiger partial charge in [0.25, 0.3) is 5.91 Å². The van der Waals surface area contributed by atoms with E-state index in [0.717, 1.165) is 48.6 Å². The molecular formula is C24H34N4O3. The number of amides is 4. The van der Waals surface area contributed by atoms with Gasteiger partial charge in [-0.25, -0.2) is 4.79 Å². The molecule has 0 aromatic heterocycles. The third-order valence-corrected chi connectivity index (χ3v) is 6.80. The summed E-state index contributed by atoms with van der Waals surface area (Å²) in [6.45, 7) is 8.06. The minimum absolute atomic E-state index is 0.0355. The molecule has 2 heterocycles. The van der Waals surface area contributed by atoms with E-state index in [4.69, 9.17) is 0 Å². The first-order valence-corrected chi connectivity index (χ1v) is 11.5. The van der Waals surface area contributed by atoms with Crippen LogP contribution in [0.2, 0.25) is 0 Å². The van der Waals surface area contributed by atoms with Gasteiger partial charge in [0, 0.05) is 13.1 Å². The van der Waals surface area contributed by atoms with Crippen molar-refractivity contribution in [2.45, 2.75) is 64.8 Å². The fourth-order valence-electron chi connectivity index (χ4n) is 5.97. The summed E-state index contributed by atoms with van der Waals surface area (Å²) in [7, 11) is 0. The first kappa shape index (κ1) is 21.7. The normalized spacial score (nSPS) is 28.0. The molecule has 1 spiro atoms. The fraction of sp³-hybridized carbons (Fsp3) is 0.625. The van der Waals surface area contributed by atoms with E-state index in [9.17, 15) is 14.4 Å². The molecule has 1 aromatic rings. The molecule has 3 aliphatic rings. The average molecular weight is 427 g/mol. The molecule has 31 heavy (non-hydrogen) atoms. The van der Waals surface area contributed by atoms with Crippen LogP contribution in [0, 0.1) is 11.3 Å². The predicted octanol–water partition coefficient (Wildman–Crippen LogP) is 3.75. The summed E-state index contributed by atoms with van der Waals surface area (Å²) in [6, 6.07) is 7.27. The number of para-hydroxylation sites is 2. The topological polar surface area (TPSA) is 81.8 Å². The smallest absolute Gasteiger partial charge is 0.325 e. The average Bonchev–Trinajstić information content (AvgIpc) is 2.90. The summed E-state index contributed by atoms with van der Waals surface area (Å²) in [5.41, 5.74) is 0.798. The molecule has 1 aliphatic carbocycles. The number of hydrogen-bond donors (Lipinski definition) is 2. The van der Waals surface area contributed by atoms with Crippen LogP contribution < -0.4 is 15.5 Å². The van der Waals surface area contributed by atoms with Crippen LogP contribution in [0.1, 0.15) is 59.3 Å². The van der Waals surface area contributed by atoms with Gasteiger partial charge in [-0.3, -0.25) is 14.5 Å². The zero-order valence-electron chi connectivity index (χ0n) is 18.9. The molecule has 4 amide bonds. The van der Waals surface area contributed by atoms with Crippen molar-refractivity contribution in [2.75, 3.05) is 29.9 Å². The van der Waals surface area contributed by atoms with Crippen molar-refractivity contribution < 1.29 is 14.4 Å². The first-order chi connectivity index (χ1) is 14.7. The van der Waals surface area contributed by atoms with Gasteiger partial charge in [-0.1, -0.05) is 32.9 Å². The first-order valence-electron chi connectivity index (χ1n) is 11.5. The third-order valence-electron chi connectivity index (χ3n) is 6.80. The molecule has 3 fully saturated rings. The second-order valence-corrected chi connectivity index (χ2v) is 10.4. The number of carbonyl (C=O) groups excluding carboxylic acids is 3. The third kappa shape index (κ3) is 4.41. The Balaban J connectivity index is 1.46. The quantitative estimate of drug-likeness (QED) is 0.719. The molecule has 7 nitrogen and oxygen atoms in total. The maximum Gasteiger partial charge on any atom is 0.325 e. The summed E-state index contributed by atoms with van der Waals surface area (Å²) in [4.78, 5) is 42.2. The molecule has 2 atom stereocenters. The number of imide groups is 1. The summed E-state index contributed by atoms with van der Waals surface area (Å²) in [6.07, 6.45) is 5.75. The van der Waals surface area contributed by atoms with Crippen molar-refractivity contribution in [2.24, 2.45) is 11.3 Å². The second kappa shape index (κ2) is 8.17. The number of carbonyl (C=O) groups is 3. The molecule has 2 saturated heterocycles. The van der Waals surface area contributed by atoms with Crippen molar-refractivity contribution in [3.63, 3.8) is 0 Å². The van der Waals surface area contributed by atoms with Crippen molar-refractivity contribution in [3.8, 4) is 0 Å². The molecule has 1 saturated carbocycles. The standard InChI is InChI=1S/C24H34N4O3/c1-17-13-23(2,3)16-24(14-17)21(30)28(22(31)26-24)15-20(29)25-18-9-5-6-10-19(18)27-11-7-4-8-12-27/h5-6,9-10,17H,4,7-8,11-16H2,1-3H3,(H,25,29)(H,26,31)/t17-,24+/m0/s1. The number of nitrogens with one attached hydrogen (secondary N) is 2. The number of hydrogen-bond acceptors (Lipinski definition) is 4. The maximum absolute atomic E-state index is 13.3. The SMILES string of the molecule is C[C@H]1CC(C)(C)C[C@@]2(C1)NC(=O)N(CC(=O)Nc1ccccc1N1CCCCC1)C2=O. The van der Waals surface area contributed by atoms with E-state index in [-0.39, 0.29) is 23.8 Å². The van der Waals surface area contributed by atoms with Crippen LogP contribution in [0.5, 0.6) is 0 Å². The van der Waals surface area contributed by atoms with Crippen LogP contribution in [0.25, 0.3) is 0 Å². The van der Waals surface area contributed by atoms with E-state index >= 15 is 0 Å². The Bertz CT molecular complexity index is 877. The lowest BCUT2D eigenvalue weighted by Gasteiger charge is -2.43. The van der Waals surface area contributed by atoms with E-state index in [1.165, 1.54) is 6.42 Å². The van der Waals surface area contributed by atoms with Gasteiger partial charge in [-0.15, -0.1) is 0 Å². The van der Waals surface area contributed by atoms with Gasteiger partial charge in [-0.2, -0.15) is 0 Å². The highest BCUT2D eigenvalue weighted by molar-refractivity contribution is 6.10. The Morgan fingerprint density at radius 2 is 1.84 bits per heavy atom. The molecule has 1 aromatic carbocycles. The highest BCUT2D eigenvalue weighted by atomic mass is 16.2. The Labute approximate surface area is 184 Å². The van der Waals surface area contributed by atoms with Gasteiger partial charge in [0.05, 0.1) is 11.4 Å². The van der Waals surface area contributed by atoms with Gasteiger partial charge < -0.3 is 15.5 Å². The van der Waals surface area contributed by atoms with Gasteiger partial charge in [0.15, 0.2) is 0 Å². The number of benzene rings is 1. The number of piperidine rings is 1. The molecule has 4 rings (SSSR count). The van der Waals surface area contributed by atoms with Crippen LogP contribution in [0.4, 0.5) is 16.2 Å². The Morgan fingerprint density at radius 3 is 2.55 bits per heavy atom. The van der Waals surface area contributed by atoms with Crippen molar-refractivity contribution in [3.05, 3.63) is 24.3 Å². The highest BCUT2D eigenvalue weighted by Crippen LogP contribution is 2.46. The van der Waals surface area contributed by atoms with Crippen LogP contribution in [-0.2, 0) is 9.59 Å². The van der Waals surface area contributed by atoms with E-state index in [0.29, 0.717) is 18.8 Å². The van der Waals surface area contributed by atoms with Crippen LogP contribution in [0.15, 0.2) is 24.3 Å². The molecule has 2 aliphatic heterocycles. The van der Waals surface area contributed by atoms with Crippen LogP contribution >= 0.6 is 0 Å². The number of urea groups is 1. The second-order valence-electron chi connectivity index (χ2n) is 10.4. The van der Waals surface area contributed by atoms with Gasteiger partial charge in [0.1, 0.15) is 12.1 Å². The number of rotatable bonds is 4. The monoisotopic (exact) mass is 426 g/mol. The summed E-state index contributed by atoms with van der Waals surface area (Å²) < 4.78 is 0. The molecule has 0 bridgehead atoms. The lowest BCUT2D eigenvalue weighted by Crippen LogP contribution is -2.54. The molecule has 2 N–H and O–H groups in total. The Kier molecular flexibility index (Phi) is 5.71. The summed E-state index contributed by atoms with van der Waals surface area (Å²) in [5, 5.41) is 5.87. The minimum Gasteiger partial charge on any atom is -0.370 e. The van der Waals surface area contributed by atoms with E-state index in [1.54, 1.807) is 0 Å². The van der Waals surface area contributed by atoms with Crippen molar-refractivity contribution in [1.82, 2.24) is 10.2 Å². The predicted molar refractivity (Wildman–Crippen MR) is 121 cm³/mol. The molecule has 7 heteroatoms. The van der Waals surface area contributed by atoms with Crippen molar-refractivity contribution in [1.29, 1.82) is 0 Å². The molecular weight excluding hydrogens is 392 g/mol. The minimum atomic E-state index is -0.885. The molecule has 168 valence electrons. The molecule has 0 unspecified atom stereocenters. The Hall–Kier alpha value is -2.57. The van der Waals surface area contributed by atoms with Crippen LogP contribution in [0.3, 0.4) is 0 Å². The maximum atomic E-state index is 13.3. The van der Waals surface area contributed by atoms with Crippen LogP contribution in [-0.4, -0.2) is 47.9 Å². The Morgan fingerprint density at radius 1 is 1.13 bits per heavy atom. The van der Waals surface area contributed by atoms with Gasteiger partial charge in [-0.05, 0) is 62.0 Å². The number of nitrogens with zero attached hydrogens (tertiary/aromatic N) is 2. The lowest BCUT2D eigenvalue weighted by molar-refractivity contribution is -0.136. The molecule has 0 radical (unpaired) electrons. The van der Waals surface area contributed by atoms with Gasteiger partial charge >= 0.3 is 6.03 Å². The number of anilines is 2. The van der Waals surface area contributed by atoms with E-state index < -0.39 is 11.6 Å². The van der Waals surface area contributed by atoms with E-state index in [1.807, 2.05) is 24.3 Å². The lowest BCUT2D eigenvalue weighted by atomic mass is 9.64. The summed E-state index contributed by atoms with van der Waals surface area (Å²) >= 11 is 0. The highest BCUT2D eigenvalue weighted by Gasteiger charge is 2.56. The fourth-order valence-corrected chi connectivity index (χ4v) is 5.97. The zero-order chi connectivity index (χ0) is 22.2. The van der Waals surface area contributed by atoms with Gasteiger partial charge in [0.2, 0.25) is 5.91 Å². The van der Waals surface area contributed by atoms with E-state index in [2.05, 4.69) is 36.3 Å².